The largest absolute Gasteiger partial charge is 0.379 e. The van der Waals surface area contributed by atoms with Crippen LogP contribution in [0.4, 0.5) is 11.4 Å². The van der Waals surface area contributed by atoms with Crippen molar-refractivity contribution in [1.29, 1.82) is 0 Å². The number of hydrogen-bond acceptors (Lipinski definition) is 7. The van der Waals surface area contributed by atoms with Gasteiger partial charge in [0, 0.05) is 31.8 Å². The number of benzene rings is 1. The fourth-order valence-corrected chi connectivity index (χ4v) is 3.83. The van der Waals surface area contributed by atoms with Crippen molar-refractivity contribution in [2.75, 3.05) is 38.2 Å². The van der Waals surface area contributed by atoms with E-state index in [1.165, 1.54) is 18.2 Å². The monoisotopic (exact) mass is 418 g/mol. The smallest absolute Gasteiger partial charge is 0.313 e. The lowest BCUT2D eigenvalue weighted by Crippen LogP contribution is -2.45. The first-order chi connectivity index (χ1) is 14.0. The Morgan fingerprint density at radius 3 is 2.69 bits per heavy atom. The van der Waals surface area contributed by atoms with E-state index < -0.39 is 16.7 Å². The van der Waals surface area contributed by atoms with E-state index in [2.05, 4.69) is 15.5 Å². The molecule has 154 valence electrons. The van der Waals surface area contributed by atoms with Gasteiger partial charge in [0.1, 0.15) is 0 Å². The molecule has 2 amide bonds. The normalized spacial score (nSPS) is 15.5. The number of aryl methyl sites for hydroxylation is 1. The zero-order chi connectivity index (χ0) is 20.8. The summed E-state index contributed by atoms with van der Waals surface area (Å²) in [5.41, 5.74) is 1.78. The SMILES string of the molecule is Cc1ccc([N+](=O)[O-])cc1NC(=O)C(=O)NCC(c1ccsc1)N1CCOCC1. The molecular weight excluding hydrogens is 396 g/mol. The number of hydrogen-bond donors (Lipinski definition) is 2. The number of thiophene rings is 1. The zero-order valence-corrected chi connectivity index (χ0v) is 16.7. The minimum Gasteiger partial charge on any atom is -0.379 e. The maximum Gasteiger partial charge on any atom is 0.313 e. The number of nitrogens with zero attached hydrogens (tertiary/aromatic N) is 2. The van der Waals surface area contributed by atoms with Crippen molar-refractivity contribution in [3.8, 4) is 0 Å². The molecule has 9 nitrogen and oxygen atoms in total. The molecule has 2 aromatic rings. The second-order valence-corrected chi connectivity index (χ2v) is 7.42. The van der Waals surface area contributed by atoms with Gasteiger partial charge >= 0.3 is 11.8 Å². The molecule has 0 aliphatic carbocycles. The van der Waals surface area contributed by atoms with Crippen molar-refractivity contribution in [3.05, 3.63) is 56.3 Å². The fraction of sp³-hybridized carbons (Fsp3) is 0.368. The van der Waals surface area contributed by atoms with Gasteiger partial charge in [-0.3, -0.25) is 24.6 Å². The predicted molar refractivity (Wildman–Crippen MR) is 109 cm³/mol. The Hall–Kier alpha value is -2.82. The first-order valence-corrected chi connectivity index (χ1v) is 10.1. The summed E-state index contributed by atoms with van der Waals surface area (Å²) in [5.74, 6) is -1.65. The Morgan fingerprint density at radius 2 is 2.03 bits per heavy atom. The molecular formula is C19H22N4O5S. The summed E-state index contributed by atoms with van der Waals surface area (Å²) in [5, 5.41) is 20.1. The van der Waals surface area contributed by atoms with Gasteiger partial charge in [0.05, 0.1) is 29.9 Å². The number of non-ortho nitro benzene ring substituents is 1. The minimum atomic E-state index is -0.861. The van der Waals surface area contributed by atoms with Gasteiger partial charge in [0.15, 0.2) is 0 Å². The maximum atomic E-state index is 12.3. The molecule has 0 bridgehead atoms. The maximum absolute atomic E-state index is 12.3. The molecule has 1 saturated heterocycles. The van der Waals surface area contributed by atoms with Crippen LogP contribution < -0.4 is 10.6 Å². The van der Waals surface area contributed by atoms with Crippen LogP contribution in [-0.2, 0) is 14.3 Å². The molecule has 0 radical (unpaired) electrons. The van der Waals surface area contributed by atoms with Crippen molar-refractivity contribution in [2.24, 2.45) is 0 Å². The third-order valence-electron chi connectivity index (χ3n) is 4.76. The topological polar surface area (TPSA) is 114 Å². The van der Waals surface area contributed by atoms with Gasteiger partial charge in [-0.2, -0.15) is 11.3 Å². The summed E-state index contributed by atoms with van der Waals surface area (Å²) >= 11 is 1.57. The number of nitro benzene ring substituents is 1. The lowest BCUT2D eigenvalue weighted by Gasteiger charge is -2.34. The molecule has 1 aliphatic rings. The molecule has 1 atom stereocenters. The van der Waals surface area contributed by atoms with E-state index in [1.807, 2.05) is 16.8 Å². The van der Waals surface area contributed by atoms with E-state index in [9.17, 15) is 19.7 Å². The highest BCUT2D eigenvalue weighted by atomic mass is 32.1. The molecule has 2 heterocycles. The molecule has 1 unspecified atom stereocenters. The summed E-state index contributed by atoms with van der Waals surface area (Å²) in [4.78, 5) is 37.2. The predicted octanol–water partition coefficient (Wildman–Crippen LogP) is 2.09. The summed E-state index contributed by atoms with van der Waals surface area (Å²) < 4.78 is 5.40. The quantitative estimate of drug-likeness (QED) is 0.422. The van der Waals surface area contributed by atoms with E-state index >= 15 is 0 Å². The van der Waals surface area contributed by atoms with Crippen LogP contribution in [0.5, 0.6) is 0 Å². The van der Waals surface area contributed by atoms with Crippen LogP contribution in [0.1, 0.15) is 17.2 Å². The molecule has 10 heteroatoms. The summed E-state index contributed by atoms with van der Waals surface area (Å²) in [6.07, 6.45) is 0. The zero-order valence-electron chi connectivity index (χ0n) is 15.9. The third kappa shape index (κ3) is 5.37. The van der Waals surface area contributed by atoms with Crippen molar-refractivity contribution in [1.82, 2.24) is 10.2 Å². The third-order valence-corrected chi connectivity index (χ3v) is 5.46. The molecule has 0 saturated carbocycles. The van der Waals surface area contributed by atoms with E-state index in [-0.39, 0.29) is 24.0 Å². The minimum absolute atomic E-state index is 0.0542. The first kappa shape index (κ1) is 20.9. The number of carbonyl (C=O) groups excluding carboxylic acids is 2. The van der Waals surface area contributed by atoms with Crippen LogP contribution in [0.3, 0.4) is 0 Å². The van der Waals surface area contributed by atoms with Crippen LogP contribution in [0.25, 0.3) is 0 Å². The summed E-state index contributed by atoms with van der Waals surface area (Å²) in [7, 11) is 0. The van der Waals surface area contributed by atoms with Gasteiger partial charge in [0.25, 0.3) is 5.69 Å². The molecule has 1 aromatic heterocycles. The van der Waals surface area contributed by atoms with Crippen LogP contribution in [0.2, 0.25) is 0 Å². The van der Waals surface area contributed by atoms with E-state index in [0.717, 1.165) is 18.7 Å². The van der Waals surface area contributed by atoms with E-state index in [1.54, 1.807) is 18.3 Å². The van der Waals surface area contributed by atoms with Crippen molar-refractivity contribution in [3.63, 3.8) is 0 Å². The second-order valence-electron chi connectivity index (χ2n) is 6.64. The molecule has 1 aromatic carbocycles. The Bertz CT molecular complexity index is 881. The highest BCUT2D eigenvalue weighted by Gasteiger charge is 2.25. The van der Waals surface area contributed by atoms with Gasteiger partial charge in [0.2, 0.25) is 0 Å². The standard InChI is InChI=1S/C19H22N4O5S/c1-13-2-3-15(23(26)27)10-16(13)21-19(25)18(24)20-11-17(14-4-9-29-12-14)22-5-7-28-8-6-22/h2-4,9-10,12,17H,5-8,11H2,1H3,(H,20,24)(H,21,25). The van der Waals surface area contributed by atoms with Crippen LogP contribution >= 0.6 is 11.3 Å². The molecule has 29 heavy (non-hydrogen) atoms. The Kier molecular flexibility index (Phi) is 6.91. The second kappa shape index (κ2) is 9.59. The number of carbonyl (C=O) groups is 2. The molecule has 1 aliphatic heterocycles. The Morgan fingerprint density at radius 1 is 1.28 bits per heavy atom. The van der Waals surface area contributed by atoms with Crippen LogP contribution in [-0.4, -0.2) is 54.5 Å². The highest BCUT2D eigenvalue weighted by Crippen LogP contribution is 2.24. The van der Waals surface area contributed by atoms with Crippen LogP contribution in [0.15, 0.2) is 35.0 Å². The number of nitrogens with one attached hydrogen (secondary N) is 2. The Labute approximate surface area is 171 Å². The van der Waals surface area contributed by atoms with E-state index in [4.69, 9.17) is 4.74 Å². The number of amides is 2. The molecule has 1 fully saturated rings. The van der Waals surface area contributed by atoms with Crippen LogP contribution in [0, 0.1) is 17.0 Å². The van der Waals surface area contributed by atoms with Crippen molar-refractivity contribution >= 4 is 34.5 Å². The van der Waals surface area contributed by atoms with Crippen molar-refractivity contribution < 1.29 is 19.2 Å². The lowest BCUT2D eigenvalue weighted by molar-refractivity contribution is -0.384. The molecule has 3 rings (SSSR count). The number of ether oxygens (including phenoxy) is 1. The van der Waals surface area contributed by atoms with Gasteiger partial charge in [-0.15, -0.1) is 0 Å². The summed E-state index contributed by atoms with van der Waals surface area (Å²) in [6, 6.07) is 6.06. The number of anilines is 1. The average molecular weight is 418 g/mol. The van der Waals surface area contributed by atoms with Gasteiger partial charge < -0.3 is 15.4 Å². The highest BCUT2D eigenvalue weighted by molar-refractivity contribution is 7.08. The number of nitro groups is 1. The molecule has 2 N–H and O–H groups in total. The Balaban J connectivity index is 1.63. The first-order valence-electron chi connectivity index (χ1n) is 9.14. The molecule has 0 spiro atoms. The van der Waals surface area contributed by atoms with E-state index in [0.29, 0.717) is 18.8 Å². The van der Waals surface area contributed by atoms with Gasteiger partial charge in [-0.1, -0.05) is 6.07 Å². The van der Waals surface area contributed by atoms with Gasteiger partial charge in [-0.05, 0) is 34.9 Å². The van der Waals surface area contributed by atoms with Gasteiger partial charge in [-0.25, -0.2) is 0 Å². The number of rotatable bonds is 6. The fourth-order valence-electron chi connectivity index (χ4n) is 3.12. The average Bonchev–Trinajstić information content (AvgIpc) is 3.24. The number of morpholine rings is 1. The lowest BCUT2D eigenvalue weighted by atomic mass is 10.1. The summed E-state index contributed by atoms with van der Waals surface area (Å²) in [6.45, 7) is 4.71. The van der Waals surface area contributed by atoms with Crippen molar-refractivity contribution in [2.45, 2.75) is 13.0 Å².